The van der Waals surface area contributed by atoms with Gasteiger partial charge in [-0.2, -0.15) is 0 Å². The Hall–Kier alpha value is -3.52. The number of hydrogen-bond donors (Lipinski definition) is 2. The number of amidine groups is 1. The summed E-state index contributed by atoms with van der Waals surface area (Å²) < 4.78 is 16.2. The molecule has 0 fully saturated rings. The lowest BCUT2D eigenvalue weighted by Crippen LogP contribution is -2.26. The van der Waals surface area contributed by atoms with Crippen molar-refractivity contribution in [3.63, 3.8) is 0 Å². The number of aliphatic hydroxyl groups excluding tert-OH is 1. The van der Waals surface area contributed by atoms with Gasteiger partial charge >= 0.3 is 0 Å². The molecule has 7 nitrogen and oxygen atoms in total. The van der Waals surface area contributed by atoms with E-state index in [1.807, 2.05) is 35.7 Å². The Balaban J connectivity index is 1.67. The van der Waals surface area contributed by atoms with Gasteiger partial charge in [0.05, 0.1) is 44.8 Å². The van der Waals surface area contributed by atoms with Crippen LogP contribution in [0.1, 0.15) is 5.01 Å². The van der Waals surface area contributed by atoms with Crippen molar-refractivity contribution in [2.75, 3.05) is 32.8 Å². The normalized spacial score (nSPS) is 13.7. The second-order valence-electron chi connectivity index (χ2n) is 6.54. The topological polar surface area (TPSA) is 87.9 Å². The first-order valence-corrected chi connectivity index (χ1v) is 10.0. The quantitative estimate of drug-likeness (QED) is 0.602. The van der Waals surface area contributed by atoms with E-state index in [1.165, 1.54) is 32.7 Å². The third-order valence-corrected chi connectivity index (χ3v) is 5.71. The van der Waals surface area contributed by atoms with Crippen LogP contribution in [-0.2, 0) is 0 Å². The molecule has 0 amide bonds. The SMILES string of the molecule is COc1cc(N2CC(O)=C(c3nc(-c4ccccc4)cs3)C2=N)cc(OC)c1OC. The molecule has 4 rings (SSSR count). The molecule has 0 aliphatic carbocycles. The molecule has 154 valence electrons. The molecule has 1 aromatic heterocycles. The molecule has 2 N–H and O–H groups in total. The molecule has 0 saturated heterocycles. The summed E-state index contributed by atoms with van der Waals surface area (Å²) in [7, 11) is 4.62. The second-order valence-corrected chi connectivity index (χ2v) is 7.40. The van der Waals surface area contributed by atoms with Gasteiger partial charge in [-0.25, -0.2) is 4.98 Å². The summed E-state index contributed by atoms with van der Waals surface area (Å²) in [6, 6.07) is 13.3. The van der Waals surface area contributed by atoms with Crippen LogP contribution in [0.2, 0.25) is 0 Å². The van der Waals surface area contributed by atoms with Crippen LogP contribution < -0.4 is 19.1 Å². The lowest BCUT2D eigenvalue weighted by Gasteiger charge is -2.21. The number of ether oxygens (including phenoxy) is 3. The Labute approximate surface area is 178 Å². The van der Waals surface area contributed by atoms with Crippen LogP contribution in [0.15, 0.2) is 53.6 Å². The number of nitrogens with zero attached hydrogens (tertiary/aromatic N) is 2. The molecule has 0 unspecified atom stereocenters. The molecule has 0 bridgehead atoms. The standard InChI is InChI=1S/C22H21N3O4S/c1-27-17-9-14(10-18(28-2)20(17)29-3)25-11-16(26)19(21(25)23)22-24-15(12-30-22)13-7-5-4-6-8-13/h4-10,12,23,26H,11H2,1-3H3. The van der Waals surface area contributed by atoms with Gasteiger partial charge in [0.1, 0.15) is 16.6 Å². The number of aliphatic hydroxyl groups is 1. The Morgan fingerprint density at radius 1 is 1.03 bits per heavy atom. The van der Waals surface area contributed by atoms with Gasteiger partial charge in [-0.05, 0) is 0 Å². The first kappa shape index (κ1) is 19.8. The average molecular weight is 423 g/mol. The molecule has 0 saturated carbocycles. The summed E-state index contributed by atoms with van der Waals surface area (Å²) >= 11 is 1.40. The lowest BCUT2D eigenvalue weighted by atomic mass is 10.2. The molecule has 3 aromatic rings. The minimum absolute atomic E-state index is 0.0997. The maximum absolute atomic E-state index is 10.7. The second kappa shape index (κ2) is 8.08. The van der Waals surface area contributed by atoms with Gasteiger partial charge < -0.3 is 24.2 Å². The van der Waals surface area contributed by atoms with E-state index in [-0.39, 0.29) is 18.1 Å². The highest BCUT2D eigenvalue weighted by molar-refractivity contribution is 7.11. The first-order chi connectivity index (χ1) is 14.6. The fourth-order valence-corrected chi connectivity index (χ4v) is 4.27. The van der Waals surface area contributed by atoms with Crippen molar-refractivity contribution in [2.45, 2.75) is 0 Å². The summed E-state index contributed by atoms with van der Waals surface area (Å²) in [5, 5.41) is 21.9. The third kappa shape index (κ3) is 3.35. The molecule has 30 heavy (non-hydrogen) atoms. The van der Waals surface area contributed by atoms with Crippen molar-refractivity contribution < 1.29 is 19.3 Å². The highest BCUT2D eigenvalue weighted by Gasteiger charge is 2.32. The van der Waals surface area contributed by atoms with E-state index in [1.54, 1.807) is 17.0 Å². The Bertz CT molecular complexity index is 1100. The summed E-state index contributed by atoms with van der Waals surface area (Å²) in [4.78, 5) is 6.33. The molecule has 0 spiro atoms. The van der Waals surface area contributed by atoms with Gasteiger partial charge in [-0.15, -0.1) is 11.3 Å². The van der Waals surface area contributed by atoms with E-state index in [2.05, 4.69) is 4.98 Å². The summed E-state index contributed by atoms with van der Waals surface area (Å²) in [6.07, 6.45) is 0. The zero-order valence-electron chi connectivity index (χ0n) is 16.8. The predicted octanol–water partition coefficient (Wildman–Crippen LogP) is 4.60. The Kier molecular flexibility index (Phi) is 5.33. The van der Waals surface area contributed by atoms with Crippen LogP contribution in [0.25, 0.3) is 16.8 Å². The number of methoxy groups -OCH3 is 3. The minimum atomic E-state index is 0.0997. The van der Waals surface area contributed by atoms with Crippen molar-refractivity contribution >= 4 is 28.4 Å². The molecule has 2 heterocycles. The minimum Gasteiger partial charge on any atom is -0.510 e. The fraction of sp³-hybridized carbons (Fsp3) is 0.182. The molecular weight excluding hydrogens is 402 g/mol. The number of thiazole rings is 1. The van der Waals surface area contributed by atoms with Crippen LogP contribution in [0.5, 0.6) is 17.2 Å². The molecule has 0 radical (unpaired) electrons. The largest absolute Gasteiger partial charge is 0.510 e. The van der Waals surface area contributed by atoms with Crippen LogP contribution in [0, 0.1) is 5.41 Å². The van der Waals surface area contributed by atoms with Gasteiger partial charge in [0, 0.05) is 23.1 Å². The highest BCUT2D eigenvalue weighted by Crippen LogP contribution is 2.43. The van der Waals surface area contributed by atoms with Gasteiger partial charge in [-0.3, -0.25) is 5.41 Å². The van der Waals surface area contributed by atoms with Crippen molar-refractivity contribution in [3.05, 3.63) is 58.6 Å². The molecular formula is C22H21N3O4S. The predicted molar refractivity (Wildman–Crippen MR) is 118 cm³/mol. The zero-order chi connectivity index (χ0) is 21.3. The number of rotatable bonds is 6. The molecule has 0 atom stereocenters. The average Bonchev–Trinajstić information content (AvgIpc) is 3.37. The van der Waals surface area contributed by atoms with Crippen molar-refractivity contribution in [1.82, 2.24) is 4.98 Å². The molecule has 1 aliphatic heterocycles. The summed E-state index contributed by atoms with van der Waals surface area (Å²) in [5.41, 5.74) is 2.88. The smallest absolute Gasteiger partial charge is 0.203 e. The van der Waals surface area contributed by atoms with E-state index >= 15 is 0 Å². The van der Waals surface area contributed by atoms with Crippen LogP contribution in [0.4, 0.5) is 5.69 Å². The van der Waals surface area contributed by atoms with Gasteiger partial charge in [0.2, 0.25) is 5.75 Å². The lowest BCUT2D eigenvalue weighted by molar-refractivity contribution is 0.324. The van der Waals surface area contributed by atoms with Crippen molar-refractivity contribution in [3.8, 4) is 28.5 Å². The number of aromatic nitrogens is 1. The van der Waals surface area contributed by atoms with Crippen molar-refractivity contribution in [1.29, 1.82) is 5.41 Å². The maximum atomic E-state index is 10.7. The van der Waals surface area contributed by atoms with Gasteiger partial charge in [0.25, 0.3) is 0 Å². The fourth-order valence-electron chi connectivity index (χ4n) is 3.38. The monoisotopic (exact) mass is 423 g/mol. The number of anilines is 1. The number of nitrogens with one attached hydrogen (secondary N) is 1. The number of hydrogen-bond acceptors (Lipinski definition) is 7. The van der Waals surface area contributed by atoms with E-state index in [9.17, 15) is 5.11 Å². The van der Waals surface area contributed by atoms with Crippen LogP contribution in [-0.4, -0.2) is 43.8 Å². The van der Waals surface area contributed by atoms with E-state index in [4.69, 9.17) is 19.6 Å². The first-order valence-electron chi connectivity index (χ1n) is 9.17. The molecule has 8 heteroatoms. The van der Waals surface area contributed by atoms with E-state index < -0.39 is 0 Å². The molecule has 1 aliphatic rings. The summed E-state index contributed by atoms with van der Waals surface area (Å²) in [6.45, 7) is 0.160. The highest BCUT2D eigenvalue weighted by atomic mass is 32.1. The van der Waals surface area contributed by atoms with Gasteiger partial charge in [0.15, 0.2) is 11.5 Å². The van der Waals surface area contributed by atoms with Crippen molar-refractivity contribution in [2.24, 2.45) is 0 Å². The van der Waals surface area contributed by atoms with Gasteiger partial charge in [-0.1, -0.05) is 30.3 Å². The Morgan fingerprint density at radius 2 is 1.70 bits per heavy atom. The Morgan fingerprint density at radius 3 is 2.30 bits per heavy atom. The van der Waals surface area contributed by atoms with E-state index in [0.29, 0.717) is 33.5 Å². The zero-order valence-corrected chi connectivity index (χ0v) is 17.6. The number of benzene rings is 2. The van der Waals surface area contributed by atoms with Crippen LogP contribution >= 0.6 is 11.3 Å². The maximum Gasteiger partial charge on any atom is 0.203 e. The summed E-state index contributed by atoms with van der Waals surface area (Å²) in [5.74, 6) is 1.69. The van der Waals surface area contributed by atoms with Crippen LogP contribution in [0.3, 0.4) is 0 Å². The molecule has 2 aromatic carbocycles. The van der Waals surface area contributed by atoms with E-state index in [0.717, 1.165) is 11.3 Å². The third-order valence-electron chi connectivity index (χ3n) is 4.85.